The number of anilines is 2. The van der Waals surface area contributed by atoms with E-state index in [-0.39, 0.29) is 17.9 Å². The van der Waals surface area contributed by atoms with E-state index in [1.807, 2.05) is 42.2 Å². The van der Waals surface area contributed by atoms with Gasteiger partial charge in [-0.25, -0.2) is 0 Å². The van der Waals surface area contributed by atoms with E-state index in [0.717, 1.165) is 42.7 Å². The van der Waals surface area contributed by atoms with Crippen molar-refractivity contribution in [3.63, 3.8) is 0 Å². The molecule has 1 atom stereocenters. The highest BCUT2D eigenvalue weighted by atomic mass is 16.2. The van der Waals surface area contributed by atoms with Gasteiger partial charge in [0.25, 0.3) is 5.91 Å². The number of carbonyl (C=O) groups is 2. The summed E-state index contributed by atoms with van der Waals surface area (Å²) in [6.07, 6.45) is 6.54. The molecule has 1 N–H and O–H groups in total. The molecule has 140 valence electrons. The van der Waals surface area contributed by atoms with Gasteiger partial charge in [0.1, 0.15) is 6.04 Å². The monoisotopic (exact) mass is 364 g/mol. The fraction of sp³-hybridized carbons (Fsp3) is 0.381. The predicted molar refractivity (Wildman–Crippen MR) is 105 cm³/mol. The Morgan fingerprint density at radius 3 is 2.93 bits per heavy atom. The fourth-order valence-corrected chi connectivity index (χ4v) is 4.01. The third-order valence-electron chi connectivity index (χ3n) is 5.38. The van der Waals surface area contributed by atoms with Crippen molar-refractivity contribution in [3.8, 4) is 0 Å². The summed E-state index contributed by atoms with van der Waals surface area (Å²) >= 11 is 0. The molecular weight excluding hydrogens is 340 g/mol. The van der Waals surface area contributed by atoms with E-state index in [1.165, 1.54) is 0 Å². The van der Waals surface area contributed by atoms with E-state index in [1.54, 1.807) is 12.4 Å². The second-order valence-electron chi connectivity index (χ2n) is 7.03. The van der Waals surface area contributed by atoms with E-state index in [4.69, 9.17) is 0 Å². The number of likely N-dealkylation sites (N-methyl/N-ethyl adjacent to an activating group) is 1. The minimum absolute atomic E-state index is 0.0588. The molecule has 0 spiro atoms. The van der Waals surface area contributed by atoms with Crippen LogP contribution in [0.2, 0.25) is 0 Å². The summed E-state index contributed by atoms with van der Waals surface area (Å²) in [5, 5.41) is 2.93. The molecule has 4 rings (SSSR count). The predicted octanol–water partition coefficient (Wildman–Crippen LogP) is 2.74. The lowest BCUT2D eigenvalue weighted by atomic mass is 9.95. The standard InChI is InChI=1S/C21H24N4O2/c1-2-24-19-12-16(20(26)23-14-15-6-5-10-22-13-15)8-9-17(19)25-11-4-3-7-18(25)21(24)27/h5-6,8-10,12-13,18H,2-4,7,11,14H2,1H3,(H,23,26). The van der Waals surface area contributed by atoms with Gasteiger partial charge in [-0.3, -0.25) is 14.6 Å². The Labute approximate surface area is 159 Å². The summed E-state index contributed by atoms with van der Waals surface area (Å²) in [5.41, 5.74) is 3.42. The van der Waals surface area contributed by atoms with Gasteiger partial charge in [-0.2, -0.15) is 0 Å². The molecular formula is C21H24N4O2. The van der Waals surface area contributed by atoms with Crippen LogP contribution in [0, 0.1) is 0 Å². The summed E-state index contributed by atoms with van der Waals surface area (Å²) in [7, 11) is 0. The summed E-state index contributed by atoms with van der Waals surface area (Å²) in [6.45, 7) is 3.91. The van der Waals surface area contributed by atoms with Crippen molar-refractivity contribution in [1.82, 2.24) is 10.3 Å². The van der Waals surface area contributed by atoms with Gasteiger partial charge in [0, 0.05) is 37.6 Å². The molecule has 1 fully saturated rings. The molecule has 3 heterocycles. The van der Waals surface area contributed by atoms with Crippen molar-refractivity contribution >= 4 is 23.2 Å². The van der Waals surface area contributed by atoms with Crippen molar-refractivity contribution in [3.05, 3.63) is 53.9 Å². The van der Waals surface area contributed by atoms with Crippen LogP contribution in [0.1, 0.15) is 42.1 Å². The lowest BCUT2D eigenvalue weighted by Crippen LogP contribution is -2.55. The van der Waals surface area contributed by atoms with E-state index in [0.29, 0.717) is 18.7 Å². The Bertz CT molecular complexity index is 853. The number of nitrogens with one attached hydrogen (secondary N) is 1. The maximum atomic E-state index is 12.9. The van der Waals surface area contributed by atoms with Gasteiger partial charge in [-0.1, -0.05) is 6.07 Å². The van der Waals surface area contributed by atoms with Crippen LogP contribution in [-0.4, -0.2) is 35.9 Å². The lowest BCUT2D eigenvalue weighted by Gasteiger charge is -2.45. The van der Waals surface area contributed by atoms with E-state index >= 15 is 0 Å². The average molecular weight is 364 g/mol. The van der Waals surface area contributed by atoms with E-state index in [2.05, 4.69) is 15.2 Å². The second kappa shape index (κ2) is 7.39. The molecule has 2 amide bonds. The maximum absolute atomic E-state index is 12.9. The molecule has 6 nitrogen and oxygen atoms in total. The van der Waals surface area contributed by atoms with Gasteiger partial charge in [-0.05, 0) is 56.0 Å². The first kappa shape index (κ1) is 17.5. The third-order valence-corrected chi connectivity index (χ3v) is 5.38. The topological polar surface area (TPSA) is 65.5 Å². The van der Waals surface area contributed by atoms with Gasteiger partial charge < -0.3 is 15.1 Å². The zero-order valence-corrected chi connectivity index (χ0v) is 15.5. The van der Waals surface area contributed by atoms with Gasteiger partial charge in [0.15, 0.2) is 0 Å². The van der Waals surface area contributed by atoms with Gasteiger partial charge in [0.05, 0.1) is 11.4 Å². The van der Waals surface area contributed by atoms with Crippen LogP contribution in [0.5, 0.6) is 0 Å². The number of benzene rings is 1. The number of hydrogen-bond acceptors (Lipinski definition) is 4. The summed E-state index contributed by atoms with van der Waals surface area (Å²) < 4.78 is 0. The molecule has 6 heteroatoms. The Hall–Kier alpha value is -2.89. The Morgan fingerprint density at radius 1 is 1.26 bits per heavy atom. The molecule has 2 aliphatic rings. The Kier molecular flexibility index (Phi) is 4.79. The van der Waals surface area contributed by atoms with Crippen molar-refractivity contribution in [2.24, 2.45) is 0 Å². The minimum Gasteiger partial charge on any atom is -0.358 e. The number of piperidine rings is 1. The molecule has 1 saturated heterocycles. The van der Waals surface area contributed by atoms with Crippen LogP contribution >= 0.6 is 0 Å². The largest absolute Gasteiger partial charge is 0.358 e. The smallest absolute Gasteiger partial charge is 0.251 e. The average Bonchev–Trinajstić information content (AvgIpc) is 2.73. The Morgan fingerprint density at radius 2 is 2.15 bits per heavy atom. The first-order chi connectivity index (χ1) is 13.2. The number of amides is 2. The van der Waals surface area contributed by atoms with Crippen molar-refractivity contribution in [1.29, 1.82) is 0 Å². The molecule has 0 radical (unpaired) electrons. The zero-order valence-electron chi connectivity index (χ0n) is 15.5. The summed E-state index contributed by atoms with van der Waals surface area (Å²) in [5.74, 6) is 0.00328. The number of nitrogens with zero attached hydrogens (tertiary/aromatic N) is 3. The SMILES string of the molecule is CCN1C(=O)C2CCCCN2c2ccc(C(=O)NCc3cccnc3)cc21. The van der Waals surface area contributed by atoms with Crippen molar-refractivity contribution in [2.75, 3.05) is 22.9 Å². The number of pyridine rings is 1. The zero-order chi connectivity index (χ0) is 18.8. The van der Waals surface area contributed by atoms with Gasteiger partial charge in [-0.15, -0.1) is 0 Å². The second-order valence-corrected chi connectivity index (χ2v) is 7.03. The van der Waals surface area contributed by atoms with Crippen molar-refractivity contribution in [2.45, 2.75) is 38.8 Å². The molecule has 0 aliphatic carbocycles. The van der Waals surface area contributed by atoms with Crippen LogP contribution in [0.3, 0.4) is 0 Å². The van der Waals surface area contributed by atoms with Crippen molar-refractivity contribution < 1.29 is 9.59 Å². The van der Waals surface area contributed by atoms with Crippen LogP contribution in [0.15, 0.2) is 42.7 Å². The molecule has 27 heavy (non-hydrogen) atoms. The first-order valence-electron chi connectivity index (χ1n) is 9.58. The highest BCUT2D eigenvalue weighted by Crippen LogP contribution is 2.39. The Balaban J connectivity index is 1.59. The van der Waals surface area contributed by atoms with E-state index in [9.17, 15) is 9.59 Å². The molecule has 1 unspecified atom stereocenters. The van der Waals surface area contributed by atoms with E-state index < -0.39 is 0 Å². The normalized spacial score (nSPS) is 18.7. The molecule has 2 aliphatic heterocycles. The van der Waals surface area contributed by atoms with Crippen LogP contribution in [0.4, 0.5) is 11.4 Å². The summed E-state index contributed by atoms with van der Waals surface area (Å²) in [6, 6.07) is 9.40. The lowest BCUT2D eigenvalue weighted by molar-refractivity contribution is -0.120. The van der Waals surface area contributed by atoms with Gasteiger partial charge >= 0.3 is 0 Å². The van der Waals surface area contributed by atoms with Gasteiger partial charge in [0.2, 0.25) is 5.91 Å². The molecule has 1 aromatic heterocycles. The quantitative estimate of drug-likeness (QED) is 0.906. The number of fused-ring (bicyclic) bond motifs is 3. The minimum atomic E-state index is -0.147. The molecule has 2 aromatic rings. The fourth-order valence-electron chi connectivity index (χ4n) is 4.01. The number of aromatic nitrogens is 1. The number of rotatable bonds is 4. The number of hydrogen-bond donors (Lipinski definition) is 1. The van der Waals surface area contributed by atoms with Crippen LogP contribution in [-0.2, 0) is 11.3 Å². The highest BCUT2D eigenvalue weighted by molar-refractivity contribution is 6.07. The maximum Gasteiger partial charge on any atom is 0.251 e. The van der Waals surface area contributed by atoms with Crippen LogP contribution < -0.4 is 15.1 Å². The first-order valence-corrected chi connectivity index (χ1v) is 9.58. The summed E-state index contributed by atoms with van der Waals surface area (Å²) in [4.78, 5) is 33.6. The molecule has 0 bridgehead atoms. The molecule has 1 aromatic carbocycles. The number of carbonyl (C=O) groups excluding carboxylic acids is 2. The molecule has 0 saturated carbocycles. The van der Waals surface area contributed by atoms with Crippen LogP contribution in [0.25, 0.3) is 0 Å². The highest BCUT2D eigenvalue weighted by Gasteiger charge is 2.38. The third kappa shape index (κ3) is 3.27.